The third-order valence-electron chi connectivity index (χ3n) is 2.37. The SMILES string of the molecule is Cc1ccc(Br)c(C)c1-c1ccco1. The molecule has 0 saturated carbocycles. The molecule has 0 spiro atoms. The van der Waals surface area contributed by atoms with Crippen LogP contribution in [0.15, 0.2) is 39.4 Å². The van der Waals surface area contributed by atoms with Crippen LogP contribution in [-0.4, -0.2) is 0 Å². The average Bonchev–Trinajstić information content (AvgIpc) is 2.65. The molecule has 14 heavy (non-hydrogen) atoms. The van der Waals surface area contributed by atoms with Crippen LogP contribution in [0.4, 0.5) is 0 Å². The predicted octanol–water partition coefficient (Wildman–Crippen LogP) is 4.33. The third-order valence-corrected chi connectivity index (χ3v) is 3.23. The van der Waals surface area contributed by atoms with Gasteiger partial charge in [-0.3, -0.25) is 0 Å². The lowest BCUT2D eigenvalue weighted by Crippen LogP contribution is -1.87. The van der Waals surface area contributed by atoms with Gasteiger partial charge in [0, 0.05) is 10.0 Å². The van der Waals surface area contributed by atoms with E-state index in [-0.39, 0.29) is 0 Å². The number of hydrogen-bond acceptors (Lipinski definition) is 1. The maximum atomic E-state index is 5.42. The Bertz CT molecular complexity index is 444. The van der Waals surface area contributed by atoms with E-state index in [1.807, 2.05) is 12.1 Å². The Kier molecular flexibility index (Phi) is 2.46. The van der Waals surface area contributed by atoms with Crippen LogP contribution in [-0.2, 0) is 0 Å². The van der Waals surface area contributed by atoms with E-state index in [1.54, 1.807) is 6.26 Å². The first-order valence-electron chi connectivity index (χ1n) is 4.49. The van der Waals surface area contributed by atoms with E-state index in [4.69, 9.17) is 4.42 Å². The Morgan fingerprint density at radius 2 is 1.93 bits per heavy atom. The van der Waals surface area contributed by atoms with Gasteiger partial charge in [0.25, 0.3) is 0 Å². The van der Waals surface area contributed by atoms with Gasteiger partial charge in [-0.05, 0) is 43.2 Å². The molecule has 0 aliphatic rings. The van der Waals surface area contributed by atoms with Crippen LogP contribution in [0.5, 0.6) is 0 Å². The third kappa shape index (κ3) is 1.50. The fraction of sp³-hybridized carbons (Fsp3) is 0.167. The Morgan fingerprint density at radius 1 is 1.14 bits per heavy atom. The highest BCUT2D eigenvalue weighted by Gasteiger charge is 2.09. The van der Waals surface area contributed by atoms with Crippen molar-refractivity contribution in [1.29, 1.82) is 0 Å². The van der Waals surface area contributed by atoms with Gasteiger partial charge in [0.2, 0.25) is 0 Å². The average molecular weight is 251 g/mol. The Hall–Kier alpha value is -1.02. The fourth-order valence-electron chi connectivity index (χ4n) is 1.62. The maximum Gasteiger partial charge on any atom is 0.134 e. The molecule has 0 N–H and O–H groups in total. The molecule has 0 aliphatic carbocycles. The minimum atomic E-state index is 0.932. The van der Waals surface area contributed by atoms with Gasteiger partial charge in [-0.15, -0.1) is 0 Å². The molecule has 0 amide bonds. The van der Waals surface area contributed by atoms with Crippen molar-refractivity contribution in [2.75, 3.05) is 0 Å². The zero-order chi connectivity index (χ0) is 10.1. The number of hydrogen-bond donors (Lipinski definition) is 0. The van der Waals surface area contributed by atoms with Gasteiger partial charge >= 0.3 is 0 Å². The van der Waals surface area contributed by atoms with Crippen molar-refractivity contribution in [3.8, 4) is 11.3 Å². The normalized spacial score (nSPS) is 10.5. The predicted molar refractivity (Wildman–Crippen MR) is 61.3 cm³/mol. The van der Waals surface area contributed by atoms with Gasteiger partial charge in [-0.1, -0.05) is 22.0 Å². The van der Waals surface area contributed by atoms with E-state index in [2.05, 4.69) is 41.9 Å². The summed E-state index contributed by atoms with van der Waals surface area (Å²) < 4.78 is 6.54. The van der Waals surface area contributed by atoms with E-state index >= 15 is 0 Å². The molecule has 0 fully saturated rings. The van der Waals surface area contributed by atoms with E-state index in [1.165, 1.54) is 16.7 Å². The summed E-state index contributed by atoms with van der Waals surface area (Å²) in [5.41, 5.74) is 3.64. The zero-order valence-electron chi connectivity index (χ0n) is 8.17. The maximum absolute atomic E-state index is 5.42. The molecule has 0 atom stereocenters. The summed E-state index contributed by atoms with van der Waals surface area (Å²) in [6.07, 6.45) is 1.70. The first-order valence-corrected chi connectivity index (χ1v) is 5.29. The highest BCUT2D eigenvalue weighted by Crippen LogP contribution is 2.31. The van der Waals surface area contributed by atoms with Gasteiger partial charge in [-0.2, -0.15) is 0 Å². The van der Waals surface area contributed by atoms with Crippen LogP contribution in [0.2, 0.25) is 0 Å². The molecule has 2 rings (SSSR count). The van der Waals surface area contributed by atoms with Crippen LogP contribution in [0.3, 0.4) is 0 Å². The quantitative estimate of drug-likeness (QED) is 0.735. The van der Waals surface area contributed by atoms with Crippen LogP contribution in [0.25, 0.3) is 11.3 Å². The van der Waals surface area contributed by atoms with Crippen LogP contribution >= 0.6 is 15.9 Å². The molecule has 0 bridgehead atoms. The molecule has 2 heteroatoms. The molecular weight excluding hydrogens is 240 g/mol. The van der Waals surface area contributed by atoms with Crippen molar-refractivity contribution in [1.82, 2.24) is 0 Å². The lowest BCUT2D eigenvalue weighted by molar-refractivity contribution is 0.581. The Balaban J connectivity index is 2.69. The van der Waals surface area contributed by atoms with Crippen LogP contribution in [0, 0.1) is 13.8 Å². The van der Waals surface area contributed by atoms with Crippen molar-refractivity contribution >= 4 is 15.9 Å². The lowest BCUT2D eigenvalue weighted by Gasteiger charge is -2.08. The minimum Gasteiger partial charge on any atom is -0.464 e. The summed E-state index contributed by atoms with van der Waals surface area (Å²) in [6.45, 7) is 4.19. The van der Waals surface area contributed by atoms with Crippen molar-refractivity contribution in [3.63, 3.8) is 0 Å². The van der Waals surface area contributed by atoms with Gasteiger partial charge < -0.3 is 4.42 Å². The molecule has 0 radical (unpaired) electrons. The second kappa shape index (κ2) is 3.62. The van der Waals surface area contributed by atoms with Gasteiger partial charge in [0.1, 0.15) is 5.76 Å². The van der Waals surface area contributed by atoms with E-state index < -0.39 is 0 Å². The van der Waals surface area contributed by atoms with Gasteiger partial charge in [0.15, 0.2) is 0 Å². The van der Waals surface area contributed by atoms with Crippen molar-refractivity contribution in [3.05, 3.63) is 46.1 Å². The topological polar surface area (TPSA) is 13.1 Å². The highest BCUT2D eigenvalue weighted by molar-refractivity contribution is 9.10. The summed E-state index contributed by atoms with van der Waals surface area (Å²) >= 11 is 3.52. The highest BCUT2D eigenvalue weighted by atomic mass is 79.9. The van der Waals surface area contributed by atoms with Crippen LogP contribution < -0.4 is 0 Å². The second-order valence-electron chi connectivity index (χ2n) is 3.34. The molecular formula is C12H11BrO. The molecule has 1 aromatic carbocycles. The largest absolute Gasteiger partial charge is 0.464 e. The number of rotatable bonds is 1. The van der Waals surface area contributed by atoms with Gasteiger partial charge in [-0.25, -0.2) is 0 Å². The number of benzene rings is 1. The summed E-state index contributed by atoms with van der Waals surface area (Å²) in [6, 6.07) is 8.06. The number of halogens is 1. The zero-order valence-corrected chi connectivity index (χ0v) is 9.76. The Labute approximate surface area is 91.9 Å². The summed E-state index contributed by atoms with van der Waals surface area (Å²) in [4.78, 5) is 0. The Morgan fingerprint density at radius 3 is 2.57 bits per heavy atom. The molecule has 0 saturated heterocycles. The van der Waals surface area contributed by atoms with E-state index in [9.17, 15) is 0 Å². The first kappa shape index (κ1) is 9.53. The second-order valence-corrected chi connectivity index (χ2v) is 4.20. The number of aryl methyl sites for hydroxylation is 1. The van der Waals surface area contributed by atoms with Crippen molar-refractivity contribution in [2.24, 2.45) is 0 Å². The number of furan rings is 1. The molecule has 0 unspecified atom stereocenters. The van der Waals surface area contributed by atoms with E-state index in [0.717, 1.165) is 10.2 Å². The minimum absolute atomic E-state index is 0.932. The van der Waals surface area contributed by atoms with Crippen LogP contribution in [0.1, 0.15) is 11.1 Å². The van der Waals surface area contributed by atoms with E-state index in [0.29, 0.717) is 0 Å². The summed E-state index contributed by atoms with van der Waals surface area (Å²) in [5, 5.41) is 0. The summed E-state index contributed by atoms with van der Waals surface area (Å²) in [7, 11) is 0. The molecule has 1 nitrogen and oxygen atoms in total. The lowest BCUT2D eigenvalue weighted by atomic mass is 10.0. The smallest absolute Gasteiger partial charge is 0.134 e. The molecule has 72 valence electrons. The standard InChI is InChI=1S/C12H11BrO/c1-8-5-6-10(13)9(2)12(8)11-4-3-7-14-11/h3-7H,1-2H3. The first-order chi connectivity index (χ1) is 6.70. The monoisotopic (exact) mass is 250 g/mol. The molecule has 2 aromatic rings. The molecule has 1 heterocycles. The van der Waals surface area contributed by atoms with Crippen molar-refractivity contribution in [2.45, 2.75) is 13.8 Å². The summed E-state index contributed by atoms with van der Waals surface area (Å²) in [5.74, 6) is 0.932. The van der Waals surface area contributed by atoms with Crippen molar-refractivity contribution < 1.29 is 4.42 Å². The molecule has 1 aromatic heterocycles. The molecule has 0 aliphatic heterocycles. The van der Waals surface area contributed by atoms with Gasteiger partial charge in [0.05, 0.1) is 6.26 Å². The fourth-order valence-corrected chi connectivity index (χ4v) is 1.95.